The van der Waals surface area contributed by atoms with Gasteiger partial charge in [-0.25, -0.2) is 4.98 Å². The van der Waals surface area contributed by atoms with Crippen LogP contribution in [-0.2, 0) is 0 Å². The minimum Gasteiger partial charge on any atom is -0.465 e. The summed E-state index contributed by atoms with van der Waals surface area (Å²) < 4.78 is 5.16. The largest absolute Gasteiger partial charge is 0.465 e. The van der Waals surface area contributed by atoms with Gasteiger partial charge in [-0.05, 0) is 30.3 Å². The highest BCUT2D eigenvalue weighted by Gasteiger charge is 2.09. The van der Waals surface area contributed by atoms with E-state index in [-0.39, 0.29) is 17.0 Å². The van der Waals surface area contributed by atoms with Crippen molar-refractivity contribution in [2.24, 2.45) is 0 Å². The summed E-state index contributed by atoms with van der Waals surface area (Å²) in [6.07, 6.45) is 3.01. The molecule has 0 bridgehead atoms. The number of hydrogen-bond donors (Lipinski definition) is 1. The number of benzene rings is 1. The van der Waals surface area contributed by atoms with Crippen molar-refractivity contribution in [3.63, 3.8) is 0 Å². The lowest BCUT2D eigenvalue weighted by molar-refractivity contribution is 0.557. The standard InChI is InChI=1S/C15H8ClN3O2/c16-10-3-4-12-13(7-10)18-14(19-15(12)20)9(8-17)6-11-2-1-5-21-11/h1-7H,(H,18,19,20)/b9-6+. The molecule has 2 heterocycles. The highest BCUT2D eigenvalue weighted by molar-refractivity contribution is 6.31. The number of aromatic nitrogens is 2. The topological polar surface area (TPSA) is 82.7 Å². The van der Waals surface area contributed by atoms with Gasteiger partial charge in [0.2, 0.25) is 0 Å². The van der Waals surface area contributed by atoms with Crippen molar-refractivity contribution in [1.29, 1.82) is 5.26 Å². The van der Waals surface area contributed by atoms with Crippen molar-refractivity contribution in [1.82, 2.24) is 9.97 Å². The summed E-state index contributed by atoms with van der Waals surface area (Å²) >= 11 is 5.91. The fourth-order valence-electron chi connectivity index (χ4n) is 1.91. The molecular formula is C15H8ClN3O2. The second-order valence-electron chi connectivity index (χ2n) is 4.26. The number of nitrogens with one attached hydrogen (secondary N) is 1. The first kappa shape index (κ1) is 13.2. The molecule has 1 aromatic carbocycles. The first-order valence-electron chi connectivity index (χ1n) is 6.02. The van der Waals surface area contributed by atoms with Crippen LogP contribution in [0.3, 0.4) is 0 Å². The highest BCUT2D eigenvalue weighted by atomic mass is 35.5. The molecule has 0 atom stereocenters. The maximum Gasteiger partial charge on any atom is 0.259 e. The van der Waals surface area contributed by atoms with E-state index in [1.165, 1.54) is 12.3 Å². The summed E-state index contributed by atoms with van der Waals surface area (Å²) in [4.78, 5) is 18.9. The molecule has 0 radical (unpaired) electrons. The second kappa shape index (κ2) is 5.27. The number of aromatic amines is 1. The zero-order valence-electron chi connectivity index (χ0n) is 10.6. The van der Waals surface area contributed by atoms with Gasteiger partial charge >= 0.3 is 0 Å². The SMILES string of the molecule is N#C/C(=C\c1ccco1)c1nc2cc(Cl)ccc2c(=O)[nH]1. The molecule has 1 N–H and O–H groups in total. The van der Waals surface area contributed by atoms with Gasteiger partial charge in [0.25, 0.3) is 5.56 Å². The number of nitrogens with zero attached hydrogens (tertiary/aromatic N) is 2. The summed E-state index contributed by atoms with van der Waals surface area (Å²) in [6, 6.07) is 10.2. The van der Waals surface area contributed by atoms with E-state index >= 15 is 0 Å². The Labute approximate surface area is 124 Å². The van der Waals surface area contributed by atoms with Crippen LogP contribution in [0.1, 0.15) is 11.6 Å². The summed E-state index contributed by atoms with van der Waals surface area (Å²) in [5.74, 6) is 0.675. The lowest BCUT2D eigenvalue weighted by atomic mass is 10.2. The molecule has 0 amide bonds. The van der Waals surface area contributed by atoms with E-state index in [0.29, 0.717) is 21.7 Å². The number of halogens is 1. The number of H-pyrrole nitrogens is 1. The summed E-state index contributed by atoms with van der Waals surface area (Å²) in [5, 5.41) is 10.1. The van der Waals surface area contributed by atoms with Gasteiger partial charge in [0.1, 0.15) is 11.8 Å². The molecule has 0 spiro atoms. The van der Waals surface area contributed by atoms with Crippen molar-refractivity contribution in [3.05, 3.63) is 63.6 Å². The zero-order valence-corrected chi connectivity index (χ0v) is 11.4. The van der Waals surface area contributed by atoms with Crippen molar-refractivity contribution < 1.29 is 4.42 Å². The van der Waals surface area contributed by atoms with Crippen molar-refractivity contribution in [3.8, 4) is 6.07 Å². The van der Waals surface area contributed by atoms with E-state index in [2.05, 4.69) is 9.97 Å². The monoisotopic (exact) mass is 297 g/mol. The zero-order chi connectivity index (χ0) is 14.8. The average Bonchev–Trinajstić information content (AvgIpc) is 2.97. The molecule has 0 unspecified atom stereocenters. The van der Waals surface area contributed by atoms with Gasteiger partial charge < -0.3 is 9.40 Å². The molecule has 3 rings (SSSR count). The smallest absolute Gasteiger partial charge is 0.259 e. The third kappa shape index (κ3) is 2.57. The van der Waals surface area contributed by atoms with Gasteiger partial charge in [0.15, 0.2) is 5.82 Å². The lowest BCUT2D eigenvalue weighted by Crippen LogP contribution is -2.11. The van der Waals surface area contributed by atoms with Crippen molar-refractivity contribution in [2.45, 2.75) is 0 Å². The van der Waals surface area contributed by atoms with Gasteiger partial charge in [-0.3, -0.25) is 4.79 Å². The molecular weight excluding hydrogens is 290 g/mol. The van der Waals surface area contributed by atoms with Crippen LogP contribution >= 0.6 is 11.6 Å². The summed E-state index contributed by atoms with van der Waals surface area (Å²) in [6.45, 7) is 0. The average molecular weight is 298 g/mol. The predicted molar refractivity (Wildman–Crippen MR) is 79.6 cm³/mol. The molecule has 5 nitrogen and oxygen atoms in total. The molecule has 0 aliphatic heterocycles. The predicted octanol–water partition coefficient (Wildman–Crippen LogP) is 3.23. The Morgan fingerprint density at radius 1 is 1.43 bits per heavy atom. The quantitative estimate of drug-likeness (QED) is 0.736. The maximum absolute atomic E-state index is 12.0. The number of nitriles is 1. The Bertz CT molecular complexity index is 934. The Balaban J connectivity index is 2.20. The molecule has 0 saturated carbocycles. The van der Waals surface area contributed by atoms with Crippen LogP contribution in [0, 0.1) is 11.3 Å². The van der Waals surface area contributed by atoms with E-state index in [4.69, 9.17) is 16.0 Å². The highest BCUT2D eigenvalue weighted by Crippen LogP contribution is 2.18. The minimum absolute atomic E-state index is 0.175. The fourth-order valence-corrected chi connectivity index (χ4v) is 2.08. The van der Waals surface area contributed by atoms with Crippen LogP contribution in [0.4, 0.5) is 0 Å². The number of furan rings is 1. The molecule has 0 saturated heterocycles. The number of fused-ring (bicyclic) bond motifs is 1. The van der Waals surface area contributed by atoms with Gasteiger partial charge in [0, 0.05) is 11.1 Å². The molecule has 102 valence electrons. The first-order valence-corrected chi connectivity index (χ1v) is 6.40. The van der Waals surface area contributed by atoms with E-state index in [0.717, 1.165) is 0 Å². The van der Waals surface area contributed by atoms with E-state index < -0.39 is 0 Å². The molecule has 6 heteroatoms. The third-order valence-corrected chi connectivity index (χ3v) is 3.11. The fraction of sp³-hybridized carbons (Fsp3) is 0. The van der Waals surface area contributed by atoms with Crippen LogP contribution in [0.5, 0.6) is 0 Å². The third-order valence-electron chi connectivity index (χ3n) is 2.87. The molecule has 2 aromatic heterocycles. The minimum atomic E-state index is -0.327. The van der Waals surface area contributed by atoms with E-state index in [9.17, 15) is 10.1 Å². The van der Waals surface area contributed by atoms with E-state index in [1.807, 2.05) is 6.07 Å². The van der Waals surface area contributed by atoms with Gasteiger partial charge in [-0.2, -0.15) is 5.26 Å². The van der Waals surface area contributed by atoms with Crippen molar-refractivity contribution >= 4 is 34.2 Å². The number of hydrogen-bond acceptors (Lipinski definition) is 4. The molecule has 0 aliphatic carbocycles. The lowest BCUT2D eigenvalue weighted by Gasteiger charge is -2.02. The Morgan fingerprint density at radius 3 is 3.00 bits per heavy atom. The van der Waals surface area contributed by atoms with Crippen LogP contribution < -0.4 is 5.56 Å². The summed E-state index contributed by atoms with van der Waals surface area (Å²) in [5.41, 5.74) is 0.304. The van der Waals surface area contributed by atoms with Gasteiger partial charge in [0.05, 0.1) is 22.7 Å². The molecule has 21 heavy (non-hydrogen) atoms. The number of rotatable bonds is 2. The Morgan fingerprint density at radius 2 is 2.29 bits per heavy atom. The maximum atomic E-state index is 12.0. The molecule has 0 fully saturated rings. The van der Waals surface area contributed by atoms with Gasteiger partial charge in [-0.15, -0.1) is 0 Å². The van der Waals surface area contributed by atoms with Crippen LogP contribution in [0.2, 0.25) is 5.02 Å². The number of allylic oxidation sites excluding steroid dienone is 1. The van der Waals surface area contributed by atoms with Crippen LogP contribution in [-0.4, -0.2) is 9.97 Å². The summed E-state index contributed by atoms with van der Waals surface area (Å²) in [7, 11) is 0. The van der Waals surface area contributed by atoms with Crippen molar-refractivity contribution in [2.75, 3.05) is 0 Å². The Kier molecular flexibility index (Phi) is 3.30. The van der Waals surface area contributed by atoms with E-state index in [1.54, 1.807) is 30.3 Å². The second-order valence-corrected chi connectivity index (χ2v) is 4.70. The normalized spacial score (nSPS) is 11.5. The van der Waals surface area contributed by atoms with Crippen LogP contribution in [0.15, 0.2) is 45.8 Å². The van der Waals surface area contributed by atoms with Crippen LogP contribution in [0.25, 0.3) is 22.6 Å². The molecule has 0 aliphatic rings. The first-order chi connectivity index (χ1) is 10.2. The Hall–Kier alpha value is -2.84. The van der Waals surface area contributed by atoms with Gasteiger partial charge in [-0.1, -0.05) is 11.6 Å². The molecule has 3 aromatic rings.